The fourth-order valence-electron chi connectivity index (χ4n) is 1.14. The summed E-state index contributed by atoms with van der Waals surface area (Å²) in [6.07, 6.45) is -0.619. The lowest BCUT2D eigenvalue weighted by molar-refractivity contribution is 0.211. The number of benzene rings is 1. The van der Waals surface area contributed by atoms with Gasteiger partial charge in [0.1, 0.15) is 5.82 Å². The largest absolute Gasteiger partial charge is 0.390 e. The molecule has 84 valence electrons. The lowest BCUT2D eigenvalue weighted by Crippen LogP contribution is -2.21. The van der Waals surface area contributed by atoms with Crippen molar-refractivity contribution in [2.75, 3.05) is 17.7 Å². The lowest BCUT2D eigenvalue weighted by atomic mass is 10.2. The van der Waals surface area contributed by atoms with Gasteiger partial charge in [0.2, 0.25) is 0 Å². The van der Waals surface area contributed by atoms with Gasteiger partial charge in [0, 0.05) is 10.1 Å². The van der Waals surface area contributed by atoms with Gasteiger partial charge in [-0.25, -0.2) is 4.39 Å². The zero-order chi connectivity index (χ0) is 11.4. The van der Waals surface area contributed by atoms with E-state index >= 15 is 0 Å². The molecule has 15 heavy (non-hydrogen) atoms. The van der Waals surface area contributed by atoms with Gasteiger partial charge in [0.15, 0.2) is 0 Å². The first-order chi connectivity index (χ1) is 7.04. The van der Waals surface area contributed by atoms with Crippen LogP contribution in [-0.4, -0.2) is 23.6 Å². The Bertz CT molecular complexity index is 348. The molecule has 0 aliphatic carbocycles. The van der Waals surface area contributed by atoms with Crippen LogP contribution < -0.4 is 5.32 Å². The highest BCUT2D eigenvalue weighted by Crippen LogP contribution is 2.23. The summed E-state index contributed by atoms with van der Waals surface area (Å²) >= 11 is 7.59. The Labute approximate surface area is 107 Å². The van der Waals surface area contributed by atoms with E-state index in [1.54, 1.807) is 0 Å². The average Bonchev–Trinajstić information content (AvgIpc) is 2.20. The van der Waals surface area contributed by atoms with E-state index < -0.39 is 6.10 Å². The molecule has 1 aromatic rings. The fraction of sp³-hybridized carbons (Fsp3) is 0.400. The molecule has 0 aromatic heterocycles. The van der Waals surface area contributed by atoms with Crippen LogP contribution in [0.25, 0.3) is 0 Å². The van der Waals surface area contributed by atoms with Crippen LogP contribution in [0, 0.1) is 16.3 Å². The number of aliphatic hydroxyl groups excluding tert-OH is 1. The first-order valence-corrected chi connectivity index (χ1v) is 6.09. The molecule has 1 atom stereocenters. The monoisotopic (exact) mass is 343 g/mol. The molecule has 2 N–H and O–H groups in total. The quantitative estimate of drug-likeness (QED) is 0.651. The molecular weight excluding hydrogens is 331 g/mol. The summed E-state index contributed by atoms with van der Waals surface area (Å²) in [7, 11) is 0. The number of aryl methyl sites for hydroxylation is 1. The normalized spacial score (nSPS) is 12.6. The maximum Gasteiger partial charge on any atom is 0.125 e. The van der Waals surface area contributed by atoms with Crippen molar-refractivity contribution in [2.24, 2.45) is 0 Å². The van der Waals surface area contributed by atoms with Crippen LogP contribution in [0.5, 0.6) is 0 Å². The topological polar surface area (TPSA) is 32.3 Å². The number of hydrogen-bond acceptors (Lipinski definition) is 2. The molecule has 1 rings (SSSR count). The van der Waals surface area contributed by atoms with Crippen LogP contribution in [0.1, 0.15) is 5.56 Å². The molecule has 0 amide bonds. The van der Waals surface area contributed by atoms with Gasteiger partial charge in [-0.1, -0.05) is 0 Å². The number of hydrogen-bond donors (Lipinski definition) is 2. The van der Waals surface area contributed by atoms with Gasteiger partial charge in [-0.05, 0) is 47.2 Å². The third kappa shape index (κ3) is 3.77. The van der Waals surface area contributed by atoms with Crippen LogP contribution >= 0.6 is 34.2 Å². The van der Waals surface area contributed by atoms with Crippen LogP contribution in [-0.2, 0) is 0 Å². The molecule has 0 aliphatic heterocycles. The molecule has 0 spiro atoms. The highest BCUT2D eigenvalue weighted by atomic mass is 127. The number of rotatable bonds is 4. The van der Waals surface area contributed by atoms with Crippen molar-refractivity contribution in [3.05, 3.63) is 27.1 Å². The summed E-state index contributed by atoms with van der Waals surface area (Å²) in [6, 6.07) is 2.89. The van der Waals surface area contributed by atoms with E-state index in [0.717, 1.165) is 9.13 Å². The smallest absolute Gasteiger partial charge is 0.125 e. The lowest BCUT2D eigenvalue weighted by Gasteiger charge is -2.13. The third-order valence-electron chi connectivity index (χ3n) is 1.93. The maximum atomic E-state index is 13.1. The van der Waals surface area contributed by atoms with E-state index in [9.17, 15) is 9.50 Å². The fourth-order valence-corrected chi connectivity index (χ4v) is 1.75. The van der Waals surface area contributed by atoms with Crippen LogP contribution in [0.4, 0.5) is 10.1 Å². The van der Waals surface area contributed by atoms with Crippen molar-refractivity contribution in [1.82, 2.24) is 0 Å². The average molecular weight is 344 g/mol. The van der Waals surface area contributed by atoms with E-state index in [2.05, 4.69) is 27.9 Å². The first kappa shape index (κ1) is 13.0. The predicted octanol–water partition coefficient (Wildman–Crippen LogP) is 2.75. The van der Waals surface area contributed by atoms with E-state index in [1.807, 2.05) is 6.92 Å². The van der Waals surface area contributed by atoms with Gasteiger partial charge >= 0.3 is 0 Å². The highest BCUT2D eigenvalue weighted by Gasteiger charge is 2.07. The molecule has 0 bridgehead atoms. The number of aliphatic hydroxyl groups is 1. The molecule has 1 aromatic carbocycles. The molecule has 0 fully saturated rings. The molecule has 1 unspecified atom stereocenters. The zero-order valence-electron chi connectivity index (χ0n) is 8.23. The summed E-state index contributed by atoms with van der Waals surface area (Å²) in [6.45, 7) is 2.16. The molecule has 0 heterocycles. The number of nitrogens with one attached hydrogen (secondary N) is 1. The van der Waals surface area contributed by atoms with Gasteiger partial charge in [-0.2, -0.15) is 0 Å². The molecule has 0 saturated heterocycles. The molecule has 0 radical (unpaired) electrons. The summed E-state index contributed by atoms with van der Waals surface area (Å²) in [5.41, 5.74) is 1.57. The standard InChI is InChI=1S/C10H12ClFINO/c1-6-2-7(12)3-9(10(6)13)14-5-8(15)4-11/h2-3,8,14-15H,4-5H2,1H3. The molecular formula is C10H12ClFINO. The zero-order valence-corrected chi connectivity index (χ0v) is 11.1. The van der Waals surface area contributed by atoms with Crippen molar-refractivity contribution in [1.29, 1.82) is 0 Å². The Morgan fingerprint density at radius 3 is 2.87 bits per heavy atom. The van der Waals surface area contributed by atoms with Gasteiger partial charge in [0.25, 0.3) is 0 Å². The first-order valence-electron chi connectivity index (χ1n) is 4.48. The molecule has 0 aliphatic rings. The van der Waals surface area contributed by atoms with E-state index in [1.165, 1.54) is 12.1 Å². The van der Waals surface area contributed by atoms with Crippen molar-refractivity contribution >= 4 is 39.9 Å². The second-order valence-corrected chi connectivity index (χ2v) is 4.66. The van der Waals surface area contributed by atoms with Crippen LogP contribution in [0.2, 0.25) is 0 Å². The summed E-state index contributed by atoms with van der Waals surface area (Å²) in [5, 5.41) is 12.2. The Morgan fingerprint density at radius 2 is 2.27 bits per heavy atom. The van der Waals surface area contributed by atoms with Crippen molar-refractivity contribution in [2.45, 2.75) is 13.0 Å². The number of halogens is 3. The summed E-state index contributed by atoms with van der Waals surface area (Å²) in [4.78, 5) is 0. The van der Waals surface area contributed by atoms with Gasteiger partial charge in [-0.15, -0.1) is 11.6 Å². The van der Waals surface area contributed by atoms with Crippen LogP contribution in [0.15, 0.2) is 12.1 Å². The minimum atomic E-state index is -0.619. The summed E-state index contributed by atoms with van der Waals surface area (Å²) < 4.78 is 14.0. The predicted molar refractivity (Wildman–Crippen MR) is 69.1 cm³/mol. The molecule has 5 heteroatoms. The molecule has 2 nitrogen and oxygen atoms in total. The Morgan fingerprint density at radius 1 is 1.60 bits per heavy atom. The highest BCUT2D eigenvalue weighted by molar-refractivity contribution is 14.1. The Hall–Kier alpha value is -0.0700. The van der Waals surface area contributed by atoms with Crippen molar-refractivity contribution < 1.29 is 9.50 Å². The second-order valence-electron chi connectivity index (χ2n) is 3.27. The number of alkyl halides is 1. The Balaban J connectivity index is 2.76. The minimum absolute atomic E-state index is 0.165. The molecule has 0 saturated carbocycles. The Kier molecular flexibility index (Phi) is 5.08. The van der Waals surface area contributed by atoms with Gasteiger partial charge in [-0.3, -0.25) is 0 Å². The van der Waals surface area contributed by atoms with E-state index in [0.29, 0.717) is 12.2 Å². The third-order valence-corrected chi connectivity index (χ3v) is 3.71. The maximum absolute atomic E-state index is 13.1. The SMILES string of the molecule is Cc1cc(F)cc(NCC(O)CCl)c1I. The summed E-state index contributed by atoms with van der Waals surface area (Å²) in [5.74, 6) is -0.117. The van der Waals surface area contributed by atoms with E-state index in [-0.39, 0.29) is 11.7 Å². The second kappa shape index (κ2) is 5.86. The van der Waals surface area contributed by atoms with E-state index in [4.69, 9.17) is 11.6 Å². The number of anilines is 1. The van der Waals surface area contributed by atoms with Crippen molar-refractivity contribution in [3.8, 4) is 0 Å². The van der Waals surface area contributed by atoms with Gasteiger partial charge < -0.3 is 10.4 Å². The minimum Gasteiger partial charge on any atom is -0.390 e. The van der Waals surface area contributed by atoms with Crippen LogP contribution in [0.3, 0.4) is 0 Å². The van der Waals surface area contributed by atoms with Crippen molar-refractivity contribution in [3.63, 3.8) is 0 Å². The van der Waals surface area contributed by atoms with Gasteiger partial charge in [0.05, 0.1) is 17.7 Å².